The lowest BCUT2D eigenvalue weighted by atomic mass is 9.70. The number of carbonyl (C=O) groups is 1. The molecule has 0 bridgehead atoms. The maximum absolute atomic E-state index is 14.3. The van der Waals surface area contributed by atoms with Crippen LogP contribution in [0.25, 0.3) is 5.57 Å². The Bertz CT molecular complexity index is 1350. The number of halogens is 1. The molecule has 0 radical (unpaired) electrons. The van der Waals surface area contributed by atoms with E-state index in [9.17, 15) is 9.18 Å². The average Bonchev–Trinajstić information content (AvgIpc) is 2.99. The maximum atomic E-state index is 14.3. The molecule has 3 heterocycles. The Hall–Kier alpha value is -2.90. The summed E-state index contributed by atoms with van der Waals surface area (Å²) >= 11 is 0. The zero-order valence-corrected chi connectivity index (χ0v) is 27.5. The number of hydrogen-bond acceptors (Lipinski definition) is 5. The van der Waals surface area contributed by atoms with E-state index < -0.39 is 5.67 Å². The van der Waals surface area contributed by atoms with Gasteiger partial charge >= 0.3 is 0 Å². The van der Waals surface area contributed by atoms with Crippen LogP contribution < -0.4 is 5.32 Å². The van der Waals surface area contributed by atoms with Gasteiger partial charge < -0.3 is 5.32 Å². The molecular formula is C37H52FN5O. The Morgan fingerprint density at radius 3 is 2.48 bits per heavy atom. The number of aromatic nitrogens is 1. The quantitative estimate of drug-likeness (QED) is 0.274. The molecule has 1 aromatic carbocycles. The number of piperidine rings is 1. The summed E-state index contributed by atoms with van der Waals surface area (Å²) in [4.78, 5) is 28.2. The summed E-state index contributed by atoms with van der Waals surface area (Å²) in [6.07, 6.45) is 11.3. The van der Waals surface area contributed by atoms with E-state index in [0.29, 0.717) is 36.9 Å². The summed E-state index contributed by atoms with van der Waals surface area (Å²) < 4.78 is 14.3. The Balaban J connectivity index is 1.32. The minimum atomic E-state index is -1.05. The van der Waals surface area contributed by atoms with E-state index in [-0.39, 0.29) is 11.8 Å². The number of rotatable bonds is 11. The van der Waals surface area contributed by atoms with Crippen LogP contribution in [0.2, 0.25) is 0 Å². The van der Waals surface area contributed by atoms with Gasteiger partial charge in [-0.3, -0.25) is 24.6 Å². The minimum Gasteiger partial charge on any atom is -0.321 e. The summed E-state index contributed by atoms with van der Waals surface area (Å²) in [5.41, 5.74) is 6.60. The van der Waals surface area contributed by atoms with E-state index in [4.69, 9.17) is 4.99 Å². The Kier molecular flexibility index (Phi) is 10.7. The number of pyridine rings is 1. The van der Waals surface area contributed by atoms with Gasteiger partial charge in [-0.2, -0.15) is 0 Å². The molecule has 1 amide bonds. The first-order valence-electron chi connectivity index (χ1n) is 16.9. The van der Waals surface area contributed by atoms with Gasteiger partial charge in [-0.25, -0.2) is 4.39 Å². The molecule has 2 atom stereocenters. The first-order valence-corrected chi connectivity index (χ1v) is 16.9. The molecule has 2 aromatic rings. The number of hydrogen-bond donors (Lipinski definition) is 1. The van der Waals surface area contributed by atoms with Crippen LogP contribution in [0.15, 0.2) is 47.7 Å². The highest BCUT2D eigenvalue weighted by molar-refractivity contribution is 6.44. The van der Waals surface area contributed by atoms with Crippen LogP contribution in [0.3, 0.4) is 0 Å². The number of nitrogens with zero attached hydrogens (tertiary/aromatic N) is 4. The number of amides is 1. The molecule has 3 aliphatic rings. The fourth-order valence-electron chi connectivity index (χ4n) is 7.06. The molecule has 2 aliphatic heterocycles. The molecule has 6 nitrogen and oxygen atoms in total. The van der Waals surface area contributed by atoms with Crippen LogP contribution in [0, 0.1) is 17.8 Å². The molecule has 1 aromatic heterocycles. The zero-order chi connectivity index (χ0) is 31.3. The van der Waals surface area contributed by atoms with E-state index in [2.05, 4.69) is 71.2 Å². The van der Waals surface area contributed by atoms with Gasteiger partial charge in [0.1, 0.15) is 11.4 Å². The summed E-state index contributed by atoms with van der Waals surface area (Å²) in [5.74, 6) is 0.696. The number of anilines is 1. The zero-order valence-electron chi connectivity index (χ0n) is 27.5. The number of alkyl halides is 1. The number of nitrogens with one attached hydrogen (secondary N) is 1. The standard InChI is InChI=1S/C37H52FN5O/c1-6-28-20-32(11-9-30(28)25-42-15-8-16-42)41-36(44)35(40-7-2)34-21-29(10-12-33(34)26(3)4)31-19-27(22-39-23-31)24-43-17-13-37(5,38)14-18-43/h9-11,19-20,22-23,26,33-34H,6-8,12-18,21,24-25H2,1-5H3,(H,41,44). The van der Waals surface area contributed by atoms with E-state index in [1.807, 2.05) is 19.3 Å². The maximum Gasteiger partial charge on any atom is 0.269 e. The number of likely N-dealkylation sites (tertiary alicyclic amines) is 2. The van der Waals surface area contributed by atoms with E-state index in [0.717, 1.165) is 62.3 Å². The van der Waals surface area contributed by atoms with Gasteiger partial charge in [0.2, 0.25) is 0 Å². The molecule has 7 heteroatoms. The molecule has 0 saturated carbocycles. The smallest absolute Gasteiger partial charge is 0.269 e. The van der Waals surface area contributed by atoms with Crippen LogP contribution in [0.4, 0.5) is 10.1 Å². The van der Waals surface area contributed by atoms with Crippen molar-refractivity contribution in [3.8, 4) is 0 Å². The fourth-order valence-corrected chi connectivity index (χ4v) is 7.06. The van der Waals surface area contributed by atoms with Crippen LogP contribution in [-0.4, -0.2) is 64.8 Å². The predicted octanol–water partition coefficient (Wildman–Crippen LogP) is 7.34. The number of aryl methyl sites for hydroxylation is 1. The lowest BCUT2D eigenvalue weighted by Gasteiger charge is -2.35. The van der Waals surface area contributed by atoms with Gasteiger partial charge in [-0.1, -0.05) is 32.9 Å². The summed E-state index contributed by atoms with van der Waals surface area (Å²) in [5, 5.41) is 3.23. The third kappa shape index (κ3) is 8.02. The largest absolute Gasteiger partial charge is 0.321 e. The lowest BCUT2D eigenvalue weighted by Crippen LogP contribution is -2.39. The molecule has 238 valence electrons. The van der Waals surface area contributed by atoms with Crippen molar-refractivity contribution in [2.75, 3.05) is 38.0 Å². The van der Waals surface area contributed by atoms with E-state index in [1.165, 1.54) is 36.2 Å². The Morgan fingerprint density at radius 2 is 1.82 bits per heavy atom. The highest BCUT2D eigenvalue weighted by atomic mass is 19.1. The topological polar surface area (TPSA) is 60.8 Å². The van der Waals surface area contributed by atoms with Crippen molar-refractivity contribution in [3.63, 3.8) is 0 Å². The van der Waals surface area contributed by atoms with Crippen molar-refractivity contribution >= 4 is 22.9 Å². The Labute approximate surface area is 264 Å². The fraction of sp³-hybridized carbons (Fsp3) is 0.595. The van der Waals surface area contributed by atoms with Crippen molar-refractivity contribution in [2.24, 2.45) is 22.7 Å². The molecule has 2 fully saturated rings. The number of allylic oxidation sites excluding steroid dienone is 2. The van der Waals surface area contributed by atoms with Gasteiger partial charge in [0, 0.05) is 56.7 Å². The molecule has 1 N–H and O–H groups in total. The van der Waals surface area contributed by atoms with Gasteiger partial charge in [0.15, 0.2) is 0 Å². The van der Waals surface area contributed by atoms with Gasteiger partial charge in [0.05, 0.1) is 0 Å². The second-order valence-corrected chi connectivity index (χ2v) is 13.7. The van der Waals surface area contributed by atoms with Crippen molar-refractivity contribution < 1.29 is 9.18 Å². The SMILES string of the molecule is CCN=C(C(=O)Nc1ccc(CN2CCC2)c(CC)c1)C1CC(c2cncc(CN3CCC(C)(F)CC3)c2)=CCC1C(C)C. The monoisotopic (exact) mass is 601 g/mol. The molecule has 5 rings (SSSR count). The highest BCUT2D eigenvalue weighted by Crippen LogP contribution is 2.40. The second kappa shape index (κ2) is 14.5. The minimum absolute atomic E-state index is 0.0271. The van der Waals surface area contributed by atoms with E-state index >= 15 is 0 Å². The van der Waals surface area contributed by atoms with Gasteiger partial charge in [0.25, 0.3) is 5.91 Å². The van der Waals surface area contributed by atoms with Crippen LogP contribution in [0.1, 0.15) is 89.0 Å². The lowest BCUT2D eigenvalue weighted by molar-refractivity contribution is -0.110. The summed E-state index contributed by atoms with van der Waals surface area (Å²) in [6, 6.07) is 8.62. The van der Waals surface area contributed by atoms with Gasteiger partial charge in [-0.05, 0) is 123 Å². The molecule has 1 aliphatic carbocycles. The van der Waals surface area contributed by atoms with Gasteiger partial charge in [-0.15, -0.1) is 0 Å². The molecule has 2 saturated heterocycles. The van der Waals surface area contributed by atoms with Crippen LogP contribution in [0.5, 0.6) is 0 Å². The third-order valence-electron chi connectivity index (χ3n) is 10.0. The van der Waals surface area contributed by atoms with Crippen LogP contribution in [-0.2, 0) is 24.3 Å². The third-order valence-corrected chi connectivity index (χ3v) is 10.0. The molecular weight excluding hydrogens is 549 g/mol. The van der Waals surface area contributed by atoms with Crippen LogP contribution >= 0.6 is 0 Å². The molecule has 2 unspecified atom stereocenters. The number of aliphatic imine (C=N–C) groups is 1. The normalized spacial score (nSPS) is 22.9. The number of benzene rings is 1. The number of carbonyl (C=O) groups excluding carboxylic acids is 1. The summed E-state index contributed by atoms with van der Waals surface area (Å²) in [6.45, 7) is 16.6. The molecule has 44 heavy (non-hydrogen) atoms. The summed E-state index contributed by atoms with van der Waals surface area (Å²) in [7, 11) is 0. The predicted molar refractivity (Wildman–Crippen MR) is 180 cm³/mol. The van der Waals surface area contributed by atoms with Crippen molar-refractivity contribution in [1.82, 2.24) is 14.8 Å². The highest BCUT2D eigenvalue weighted by Gasteiger charge is 2.35. The average molecular weight is 602 g/mol. The van der Waals surface area contributed by atoms with Crippen molar-refractivity contribution in [1.29, 1.82) is 0 Å². The van der Waals surface area contributed by atoms with Crippen molar-refractivity contribution in [2.45, 2.75) is 91.9 Å². The first kappa shape index (κ1) is 32.5. The van der Waals surface area contributed by atoms with Crippen molar-refractivity contribution in [3.05, 3.63) is 65.0 Å². The van der Waals surface area contributed by atoms with E-state index in [1.54, 1.807) is 6.92 Å². The second-order valence-electron chi connectivity index (χ2n) is 13.7. The molecule has 0 spiro atoms. The Morgan fingerprint density at radius 1 is 1.07 bits per heavy atom. The first-order chi connectivity index (χ1) is 21.2.